The maximum absolute atomic E-state index is 13.1. The van der Waals surface area contributed by atoms with E-state index in [1.54, 1.807) is 48.5 Å². The summed E-state index contributed by atoms with van der Waals surface area (Å²) in [5.41, 5.74) is 6.37. The van der Waals surface area contributed by atoms with Crippen LogP contribution < -0.4 is 10.6 Å². The number of carboxylic acids is 2. The minimum atomic E-state index is -1.18. The van der Waals surface area contributed by atoms with Gasteiger partial charge in [0.25, 0.3) is 11.8 Å². The minimum absolute atomic E-state index is 0.0628. The third-order valence-electron chi connectivity index (χ3n) is 8.91. The number of aromatic carboxylic acids is 2. The number of nitrogens with one attached hydrogen (secondary N) is 2. The van der Waals surface area contributed by atoms with E-state index >= 15 is 0 Å². The van der Waals surface area contributed by atoms with Gasteiger partial charge in [0, 0.05) is 11.4 Å². The Morgan fingerprint density at radius 1 is 0.408 bits per heavy atom. The van der Waals surface area contributed by atoms with Crippen LogP contribution in [-0.4, -0.2) is 34.0 Å². The lowest BCUT2D eigenvalue weighted by Crippen LogP contribution is -2.28. The number of benzene rings is 6. The number of anilines is 2. The van der Waals surface area contributed by atoms with Gasteiger partial charge in [-0.1, -0.05) is 97.1 Å². The van der Waals surface area contributed by atoms with Crippen molar-refractivity contribution in [2.75, 3.05) is 10.6 Å². The number of carbonyl (C=O) groups excluding carboxylic acids is 2. The van der Waals surface area contributed by atoms with Crippen LogP contribution in [0.15, 0.2) is 146 Å². The van der Waals surface area contributed by atoms with Crippen LogP contribution in [0.5, 0.6) is 0 Å². The average molecular weight is 645 g/mol. The summed E-state index contributed by atoms with van der Waals surface area (Å²) in [5.74, 6) is -3.42. The van der Waals surface area contributed by atoms with Gasteiger partial charge in [0.15, 0.2) is 0 Å². The number of rotatable bonds is 8. The van der Waals surface area contributed by atoms with Crippen molar-refractivity contribution in [2.45, 2.75) is 5.41 Å². The van der Waals surface area contributed by atoms with Gasteiger partial charge in [-0.05, 0) is 81.9 Å². The maximum Gasteiger partial charge on any atom is 0.336 e. The van der Waals surface area contributed by atoms with E-state index in [9.17, 15) is 29.4 Å². The highest BCUT2D eigenvalue weighted by Gasteiger charge is 2.45. The molecule has 0 heterocycles. The number of carbonyl (C=O) groups is 4. The van der Waals surface area contributed by atoms with Crippen molar-refractivity contribution in [2.24, 2.45) is 0 Å². The molecule has 1 aliphatic carbocycles. The van der Waals surface area contributed by atoms with Crippen molar-refractivity contribution < 1.29 is 29.4 Å². The molecule has 49 heavy (non-hydrogen) atoms. The average Bonchev–Trinajstić information content (AvgIpc) is 3.43. The zero-order chi connectivity index (χ0) is 34.1. The molecule has 0 aromatic heterocycles. The van der Waals surface area contributed by atoms with Crippen LogP contribution in [0.1, 0.15) is 63.7 Å². The number of hydrogen-bond donors (Lipinski definition) is 4. The summed E-state index contributed by atoms with van der Waals surface area (Å²) in [6, 6.07) is 43.6. The molecule has 0 atom stereocenters. The van der Waals surface area contributed by atoms with Crippen LogP contribution in [0.25, 0.3) is 11.1 Å². The van der Waals surface area contributed by atoms with Crippen LogP contribution in [0, 0.1) is 0 Å². The molecule has 6 aromatic rings. The molecule has 0 fully saturated rings. The Morgan fingerprint density at radius 2 is 0.735 bits per heavy atom. The molecule has 0 radical (unpaired) electrons. The topological polar surface area (TPSA) is 133 Å². The molecule has 8 heteroatoms. The maximum atomic E-state index is 13.1. The summed E-state index contributed by atoms with van der Waals surface area (Å²) < 4.78 is 0. The van der Waals surface area contributed by atoms with Crippen LogP contribution >= 0.6 is 0 Å². The molecule has 0 unspecified atom stereocenters. The summed E-state index contributed by atoms with van der Waals surface area (Å²) >= 11 is 0. The lowest BCUT2D eigenvalue weighted by Gasteiger charge is -2.34. The molecule has 0 aliphatic heterocycles. The summed E-state index contributed by atoms with van der Waals surface area (Å²) in [5, 5.41) is 24.8. The van der Waals surface area contributed by atoms with E-state index in [0.29, 0.717) is 11.4 Å². The fraction of sp³-hybridized carbons (Fsp3) is 0.0244. The smallest absolute Gasteiger partial charge is 0.336 e. The zero-order valence-corrected chi connectivity index (χ0v) is 25.9. The highest BCUT2D eigenvalue weighted by atomic mass is 16.4. The zero-order valence-electron chi connectivity index (χ0n) is 25.9. The van der Waals surface area contributed by atoms with Gasteiger partial charge >= 0.3 is 11.9 Å². The summed E-state index contributed by atoms with van der Waals surface area (Å²) in [6.45, 7) is 0. The molecule has 4 N–H and O–H groups in total. The SMILES string of the molecule is O=C(O)c1ccccc1C(=O)Nc1ccc(C2(c3ccc(NC(=O)c4ccccc4C(=O)O)cc3)c3ccccc3-c3ccccc32)cc1. The van der Waals surface area contributed by atoms with Gasteiger partial charge in [0.05, 0.1) is 27.7 Å². The van der Waals surface area contributed by atoms with Crippen LogP contribution in [0.3, 0.4) is 0 Å². The molecule has 0 saturated heterocycles. The van der Waals surface area contributed by atoms with Crippen molar-refractivity contribution in [3.8, 4) is 11.1 Å². The largest absolute Gasteiger partial charge is 0.478 e. The number of carboxylic acid groups (broad SMARTS) is 2. The molecule has 6 aromatic carbocycles. The Labute approximate surface area is 281 Å². The molecule has 7 rings (SSSR count). The van der Waals surface area contributed by atoms with Gasteiger partial charge in [0.1, 0.15) is 0 Å². The molecule has 8 nitrogen and oxygen atoms in total. The highest BCUT2D eigenvalue weighted by molar-refractivity contribution is 6.11. The van der Waals surface area contributed by atoms with Crippen LogP contribution in [0.4, 0.5) is 11.4 Å². The molecular weight excluding hydrogens is 616 g/mol. The second kappa shape index (κ2) is 12.4. The predicted molar refractivity (Wildman–Crippen MR) is 186 cm³/mol. The summed E-state index contributed by atoms with van der Waals surface area (Å²) in [7, 11) is 0. The van der Waals surface area contributed by atoms with E-state index in [1.165, 1.54) is 24.3 Å². The lowest BCUT2D eigenvalue weighted by atomic mass is 9.67. The van der Waals surface area contributed by atoms with E-state index in [2.05, 4.69) is 34.9 Å². The second-order valence-corrected chi connectivity index (χ2v) is 11.6. The molecule has 0 spiro atoms. The Kier molecular flexibility index (Phi) is 7.82. The lowest BCUT2D eigenvalue weighted by molar-refractivity contribution is 0.0683. The Morgan fingerprint density at radius 3 is 1.10 bits per heavy atom. The molecule has 0 saturated carbocycles. The van der Waals surface area contributed by atoms with Gasteiger partial charge in [0.2, 0.25) is 0 Å². The van der Waals surface area contributed by atoms with Gasteiger partial charge in [-0.3, -0.25) is 9.59 Å². The van der Waals surface area contributed by atoms with Crippen molar-refractivity contribution in [1.29, 1.82) is 0 Å². The minimum Gasteiger partial charge on any atom is -0.478 e. The van der Waals surface area contributed by atoms with Gasteiger partial charge < -0.3 is 20.8 Å². The van der Waals surface area contributed by atoms with Crippen molar-refractivity contribution in [3.63, 3.8) is 0 Å². The normalized spacial score (nSPS) is 12.3. The van der Waals surface area contributed by atoms with E-state index in [1.807, 2.05) is 48.5 Å². The monoisotopic (exact) mass is 644 g/mol. The first-order valence-corrected chi connectivity index (χ1v) is 15.5. The van der Waals surface area contributed by atoms with E-state index < -0.39 is 29.2 Å². The third-order valence-corrected chi connectivity index (χ3v) is 8.91. The third kappa shape index (κ3) is 5.31. The Bertz CT molecular complexity index is 2110. The molecular formula is C41H28N2O6. The molecule has 1 aliphatic rings. The quantitative estimate of drug-likeness (QED) is 0.133. The second-order valence-electron chi connectivity index (χ2n) is 11.6. The van der Waals surface area contributed by atoms with Crippen molar-refractivity contribution >= 4 is 35.1 Å². The first-order chi connectivity index (χ1) is 23.8. The van der Waals surface area contributed by atoms with Gasteiger partial charge in [-0.15, -0.1) is 0 Å². The highest BCUT2D eigenvalue weighted by Crippen LogP contribution is 2.56. The molecule has 238 valence electrons. The molecule has 2 amide bonds. The van der Waals surface area contributed by atoms with Crippen molar-refractivity contribution in [3.05, 3.63) is 190 Å². The number of fused-ring (bicyclic) bond motifs is 3. The van der Waals surface area contributed by atoms with E-state index in [-0.39, 0.29) is 22.3 Å². The molecule has 0 bridgehead atoms. The van der Waals surface area contributed by atoms with Crippen LogP contribution in [0.2, 0.25) is 0 Å². The van der Waals surface area contributed by atoms with Gasteiger partial charge in [-0.2, -0.15) is 0 Å². The van der Waals surface area contributed by atoms with Crippen LogP contribution in [-0.2, 0) is 5.41 Å². The standard InChI is InChI=1S/C41H28N2O6/c44-37(31-11-1-3-13-33(31)39(46)47)42-27-21-17-25(18-22-27)41(35-15-7-5-9-29(35)30-10-6-8-16-36(30)41)26-19-23-28(24-20-26)43-38(45)32-12-2-4-14-34(32)40(48)49/h1-24H,(H,42,44)(H,43,45)(H,46,47)(H,48,49). The van der Waals surface area contributed by atoms with Gasteiger partial charge in [-0.25, -0.2) is 9.59 Å². The Hall–Kier alpha value is -6.80. The fourth-order valence-electron chi connectivity index (χ4n) is 6.76. The summed E-state index contributed by atoms with van der Waals surface area (Å²) in [4.78, 5) is 49.6. The van der Waals surface area contributed by atoms with E-state index in [0.717, 1.165) is 33.4 Å². The predicted octanol–water partition coefficient (Wildman–Crippen LogP) is 7.95. The Balaban J connectivity index is 1.28. The number of hydrogen-bond acceptors (Lipinski definition) is 4. The van der Waals surface area contributed by atoms with Crippen molar-refractivity contribution in [1.82, 2.24) is 0 Å². The number of amides is 2. The fourth-order valence-corrected chi connectivity index (χ4v) is 6.76. The van der Waals surface area contributed by atoms with E-state index in [4.69, 9.17) is 0 Å². The summed E-state index contributed by atoms with van der Waals surface area (Å²) in [6.07, 6.45) is 0. The first kappa shape index (κ1) is 30.8. The first-order valence-electron chi connectivity index (χ1n) is 15.5.